The molecule has 0 aliphatic carbocycles. The highest BCUT2D eigenvalue weighted by molar-refractivity contribution is 7.13. The van der Waals surface area contributed by atoms with Gasteiger partial charge in [0.2, 0.25) is 0 Å². The number of piperazine rings is 1. The normalized spacial score (nSPS) is 17.1. The summed E-state index contributed by atoms with van der Waals surface area (Å²) in [5.41, 5.74) is 0.979. The fourth-order valence-electron chi connectivity index (χ4n) is 4.47. The van der Waals surface area contributed by atoms with E-state index in [0.29, 0.717) is 30.2 Å². The van der Waals surface area contributed by atoms with E-state index in [9.17, 15) is 23.3 Å². The molecule has 0 atom stereocenters. The molecular formula is C26H27F3N6O3S. The molecule has 0 bridgehead atoms. The summed E-state index contributed by atoms with van der Waals surface area (Å²) >= 11 is 1.40. The highest BCUT2D eigenvalue weighted by Crippen LogP contribution is 2.34. The summed E-state index contributed by atoms with van der Waals surface area (Å²) in [5.74, 6) is 0.214. The summed E-state index contributed by atoms with van der Waals surface area (Å²) < 4.78 is 44.3. The van der Waals surface area contributed by atoms with E-state index >= 15 is 0 Å². The number of rotatable bonds is 8. The van der Waals surface area contributed by atoms with Gasteiger partial charge in [-0.25, -0.2) is 4.98 Å². The summed E-state index contributed by atoms with van der Waals surface area (Å²) in [4.78, 5) is 20.3. The van der Waals surface area contributed by atoms with Crippen molar-refractivity contribution in [1.29, 1.82) is 0 Å². The van der Waals surface area contributed by atoms with Gasteiger partial charge in [0.05, 0.1) is 16.2 Å². The maximum atomic E-state index is 12.8. The number of nitro benzene ring substituents is 1. The molecule has 2 aliphatic heterocycles. The lowest BCUT2D eigenvalue weighted by atomic mass is 10.1. The SMILES string of the molecule is CC1(COc2ccc(N3CCN(Cc4csc(-c5ccc(C(F)(F)F)cc5)n4)CC3)cc2[N+](=O)[O-])NC=CN1. The van der Waals surface area contributed by atoms with Crippen molar-refractivity contribution in [3.05, 3.63) is 81.6 Å². The average Bonchev–Trinajstić information content (AvgIpc) is 3.57. The van der Waals surface area contributed by atoms with E-state index < -0.39 is 22.3 Å². The Morgan fingerprint density at radius 1 is 1.10 bits per heavy atom. The Bertz CT molecular complexity index is 1350. The Labute approximate surface area is 227 Å². The van der Waals surface area contributed by atoms with Crippen LogP contribution in [0.2, 0.25) is 0 Å². The Morgan fingerprint density at radius 2 is 1.79 bits per heavy atom. The molecule has 1 aromatic heterocycles. The third-order valence-corrected chi connectivity index (χ3v) is 7.62. The minimum absolute atomic E-state index is 0.0808. The van der Waals surface area contributed by atoms with Crippen molar-refractivity contribution in [2.75, 3.05) is 37.7 Å². The van der Waals surface area contributed by atoms with Crippen molar-refractivity contribution in [2.45, 2.75) is 25.3 Å². The number of anilines is 1. The number of halogens is 3. The second-order valence-electron chi connectivity index (χ2n) is 9.63. The first kappa shape index (κ1) is 26.8. The molecule has 2 aromatic carbocycles. The summed E-state index contributed by atoms with van der Waals surface area (Å²) in [6.45, 7) is 5.57. The van der Waals surface area contributed by atoms with Crippen LogP contribution in [0, 0.1) is 10.1 Å². The molecule has 2 aliphatic rings. The van der Waals surface area contributed by atoms with Crippen molar-refractivity contribution in [3.8, 4) is 16.3 Å². The van der Waals surface area contributed by atoms with E-state index in [-0.39, 0.29) is 18.0 Å². The van der Waals surface area contributed by atoms with Crippen LogP contribution >= 0.6 is 11.3 Å². The van der Waals surface area contributed by atoms with Crippen LogP contribution in [0.4, 0.5) is 24.5 Å². The topological polar surface area (TPSA) is 95.8 Å². The number of hydrogen-bond donors (Lipinski definition) is 2. The molecule has 0 spiro atoms. The first-order valence-corrected chi connectivity index (χ1v) is 13.2. The van der Waals surface area contributed by atoms with Crippen LogP contribution in [0.1, 0.15) is 18.2 Å². The molecule has 39 heavy (non-hydrogen) atoms. The van der Waals surface area contributed by atoms with E-state index in [1.165, 1.54) is 23.5 Å². The number of ether oxygens (including phenoxy) is 1. The van der Waals surface area contributed by atoms with Gasteiger partial charge in [-0.05, 0) is 31.2 Å². The van der Waals surface area contributed by atoms with Crippen LogP contribution < -0.4 is 20.3 Å². The number of alkyl halides is 3. The number of benzene rings is 2. The van der Waals surface area contributed by atoms with Crippen LogP contribution in [0.5, 0.6) is 5.75 Å². The fraction of sp³-hybridized carbons (Fsp3) is 0.346. The van der Waals surface area contributed by atoms with Crippen LogP contribution in [0.3, 0.4) is 0 Å². The van der Waals surface area contributed by atoms with E-state index in [0.717, 1.165) is 36.6 Å². The van der Waals surface area contributed by atoms with Crippen molar-refractivity contribution >= 4 is 22.7 Å². The standard InChI is InChI=1S/C26H27F3N6O3S/c1-25(30-8-9-31-25)17-38-23-7-6-21(14-22(23)35(36)37)34-12-10-33(11-13-34)15-20-16-39-24(32-20)18-2-4-19(5-3-18)26(27,28)29/h2-9,14,16,30-31H,10-13,15,17H2,1H3. The third kappa shape index (κ3) is 6.25. The molecule has 3 heterocycles. The van der Waals surface area contributed by atoms with E-state index in [1.54, 1.807) is 24.5 Å². The zero-order chi connectivity index (χ0) is 27.6. The first-order valence-electron chi connectivity index (χ1n) is 12.3. The molecule has 5 rings (SSSR count). The molecule has 0 amide bonds. The van der Waals surface area contributed by atoms with Gasteiger partial charge in [-0.3, -0.25) is 15.0 Å². The van der Waals surface area contributed by atoms with Gasteiger partial charge < -0.3 is 20.3 Å². The summed E-state index contributed by atoms with van der Waals surface area (Å²) in [7, 11) is 0. The quantitative estimate of drug-likeness (QED) is 0.299. The van der Waals surface area contributed by atoms with Crippen molar-refractivity contribution in [1.82, 2.24) is 20.5 Å². The predicted octanol–water partition coefficient (Wildman–Crippen LogP) is 4.82. The molecule has 2 N–H and O–H groups in total. The zero-order valence-electron chi connectivity index (χ0n) is 21.1. The summed E-state index contributed by atoms with van der Waals surface area (Å²) in [6.07, 6.45) is -0.851. The molecule has 13 heteroatoms. The molecule has 1 fully saturated rings. The predicted molar refractivity (Wildman–Crippen MR) is 142 cm³/mol. The summed E-state index contributed by atoms with van der Waals surface area (Å²) in [6, 6.07) is 10.1. The van der Waals surface area contributed by atoms with E-state index in [2.05, 4.69) is 25.4 Å². The minimum Gasteiger partial charge on any atom is -0.482 e. The smallest absolute Gasteiger partial charge is 0.416 e. The molecule has 3 aromatic rings. The number of hydrogen-bond acceptors (Lipinski definition) is 9. The Kier molecular flexibility index (Phi) is 7.36. The largest absolute Gasteiger partial charge is 0.482 e. The van der Waals surface area contributed by atoms with Gasteiger partial charge in [-0.2, -0.15) is 13.2 Å². The number of nitrogens with one attached hydrogen (secondary N) is 2. The van der Waals surface area contributed by atoms with Gasteiger partial charge in [-0.1, -0.05) is 12.1 Å². The van der Waals surface area contributed by atoms with Crippen LogP contribution in [0.15, 0.2) is 60.2 Å². The monoisotopic (exact) mass is 560 g/mol. The zero-order valence-corrected chi connectivity index (χ0v) is 21.9. The van der Waals surface area contributed by atoms with Crippen molar-refractivity contribution in [2.24, 2.45) is 0 Å². The Morgan fingerprint density at radius 3 is 2.44 bits per heavy atom. The molecule has 9 nitrogen and oxygen atoms in total. The number of aromatic nitrogens is 1. The van der Waals surface area contributed by atoms with Gasteiger partial charge in [-0.15, -0.1) is 11.3 Å². The van der Waals surface area contributed by atoms with Gasteiger partial charge in [0.25, 0.3) is 0 Å². The van der Waals surface area contributed by atoms with E-state index in [4.69, 9.17) is 4.74 Å². The number of nitro groups is 1. The second kappa shape index (κ2) is 10.7. The average molecular weight is 561 g/mol. The second-order valence-corrected chi connectivity index (χ2v) is 10.5. The molecule has 0 radical (unpaired) electrons. The molecule has 206 valence electrons. The maximum absolute atomic E-state index is 12.8. The fourth-order valence-corrected chi connectivity index (χ4v) is 5.29. The van der Waals surface area contributed by atoms with Gasteiger partial charge in [0.15, 0.2) is 5.75 Å². The van der Waals surface area contributed by atoms with Gasteiger partial charge >= 0.3 is 11.9 Å². The Hall–Kier alpha value is -3.84. The highest BCUT2D eigenvalue weighted by atomic mass is 32.1. The van der Waals surface area contributed by atoms with E-state index in [1.807, 2.05) is 18.4 Å². The Balaban J connectivity index is 1.17. The minimum atomic E-state index is -4.36. The third-order valence-electron chi connectivity index (χ3n) is 6.68. The maximum Gasteiger partial charge on any atom is 0.416 e. The van der Waals surface area contributed by atoms with Crippen molar-refractivity contribution < 1.29 is 22.8 Å². The first-order chi connectivity index (χ1) is 18.6. The van der Waals surface area contributed by atoms with Crippen LogP contribution in [0.25, 0.3) is 10.6 Å². The lowest BCUT2D eigenvalue weighted by Gasteiger charge is -2.35. The highest BCUT2D eigenvalue weighted by Gasteiger charge is 2.30. The van der Waals surface area contributed by atoms with Crippen LogP contribution in [-0.4, -0.2) is 53.3 Å². The number of nitrogens with zero attached hydrogens (tertiary/aromatic N) is 4. The van der Waals surface area contributed by atoms with Crippen molar-refractivity contribution in [3.63, 3.8) is 0 Å². The number of thiazole rings is 1. The molecular weight excluding hydrogens is 533 g/mol. The van der Waals surface area contributed by atoms with Gasteiger partial charge in [0.1, 0.15) is 17.3 Å². The molecule has 0 unspecified atom stereocenters. The molecule has 0 saturated carbocycles. The lowest BCUT2D eigenvalue weighted by molar-refractivity contribution is -0.385. The van der Waals surface area contributed by atoms with Crippen LogP contribution in [-0.2, 0) is 12.7 Å². The molecule has 1 saturated heterocycles. The van der Waals surface area contributed by atoms with Gasteiger partial charge in [0, 0.05) is 67.8 Å². The lowest BCUT2D eigenvalue weighted by Crippen LogP contribution is -2.50. The summed E-state index contributed by atoms with van der Waals surface area (Å²) in [5, 5.41) is 20.6.